The Morgan fingerprint density at radius 1 is 1.08 bits per heavy atom. The van der Waals surface area contributed by atoms with E-state index in [9.17, 15) is 4.79 Å². The zero-order chi connectivity index (χ0) is 29.8. The molecule has 3 heterocycles. The van der Waals surface area contributed by atoms with Crippen molar-refractivity contribution < 1.29 is 14.2 Å². The van der Waals surface area contributed by atoms with Crippen molar-refractivity contribution in [3.63, 3.8) is 0 Å². The van der Waals surface area contributed by atoms with Crippen LogP contribution in [0.3, 0.4) is 0 Å². The minimum Gasteiger partial charge on any atom is -0.491 e. The van der Waals surface area contributed by atoms with E-state index in [0.717, 1.165) is 38.0 Å². The van der Waals surface area contributed by atoms with Crippen LogP contribution in [-0.4, -0.2) is 67.5 Å². The fourth-order valence-electron chi connectivity index (χ4n) is 3.55. The quantitative estimate of drug-likeness (QED) is 0.297. The number of aromatic amines is 1. The Bertz CT molecular complexity index is 1090. The van der Waals surface area contributed by atoms with Gasteiger partial charge >= 0.3 is 0 Å². The van der Waals surface area contributed by atoms with Gasteiger partial charge in [-0.2, -0.15) is 0 Å². The number of fused-ring (bicyclic) bond motifs is 1. The Balaban J connectivity index is 0.00000166. The van der Waals surface area contributed by atoms with E-state index in [2.05, 4.69) is 34.0 Å². The van der Waals surface area contributed by atoms with Crippen molar-refractivity contribution >= 4 is 27.4 Å². The maximum Gasteiger partial charge on any atom is 0.190 e. The van der Waals surface area contributed by atoms with Crippen LogP contribution in [0.1, 0.15) is 69.2 Å². The van der Waals surface area contributed by atoms with Crippen molar-refractivity contribution in [1.29, 1.82) is 0 Å². The van der Waals surface area contributed by atoms with E-state index in [1.54, 1.807) is 25.3 Å². The molecule has 8 nitrogen and oxygen atoms in total. The van der Waals surface area contributed by atoms with Crippen molar-refractivity contribution in [1.82, 2.24) is 14.9 Å². The van der Waals surface area contributed by atoms with Crippen LogP contribution in [0.5, 0.6) is 11.5 Å². The van der Waals surface area contributed by atoms with Gasteiger partial charge in [-0.25, -0.2) is 4.98 Å². The summed E-state index contributed by atoms with van der Waals surface area (Å²) in [7, 11) is 1.59. The lowest BCUT2D eigenvalue weighted by molar-refractivity contribution is 0.0321. The predicted octanol–water partition coefficient (Wildman–Crippen LogP) is 7.30. The van der Waals surface area contributed by atoms with Gasteiger partial charge in [0.2, 0.25) is 0 Å². The zero-order valence-electron chi connectivity index (χ0n) is 26.1. The molecule has 9 heteroatoms. The lowest BCUT2D eigenvalue weighted by atomic mass is 10.1. The summed E-state index contributed by atoms with van der Waals surface area (Å²) >= 11 is 1.51. The number of methoxy groups -OCH3 is 1. The van der Waals surface area contributed by atoms with Gasteiger partial charge in [0.05, 0.1) is 37.2 Å². The maximum atomic E-state index is 12.8. The lowest BCUT2D eigenvalue weighted by Gasteiger charge is -2.26. The molecule has 1 saturated heterocycles. The first kappa shape index (κ1) is 36.4. The van der Waals surface area contributed by atoms with Gasteiger partial charge in [-0.1, -0.05) is 55.4 Å². The second-order valence-electron chi connectivity index (χ2n) is 7.71. The number of ether oxygens (including phenoxy) is 3. The van der Waals surface area contributed by atoms with Crippen molar-refractivity contribution in [2.45, 2.75) is 75.3 Å². The zero-order valence-corrected chi connectivity index (χ0v) is 26.9. The minimum absolute atomic E-state index is 0.0896. The third-order valence-corrected chi connectivity index (χ3v) is 5.86. The van der Waals surface area contributed by atoms with Crippen LogP contribution in [0.4, 0.5) is 5.13 Å². The van der Waals surface area contributed by atoms with Gasteiger partial charge in [0.15, 0.2) is 22.1 Å². The molecule has 1 aliphatic heterocycles. The molecule has 0 bridgehead atoms. The van der Waals surface area contributed by atoms with E-state index in [1.165, 1.54) is 11.3 Å². The van der Waals surface area contributed by atoms with Crippen LogP contribution in [0.2, 0.25) is 0 Å². The number of morpholine rings is 1. The SMILES string of the molecule is CC.CC.CC.CC.COc1c(OCCN2CCOCC2)ccc2c(=O)cc(-c3csc(NC(C)C)n3)[nH]c12. The molecule has 0 radical (unpaired) electrons. The average molecular weight is 565 g/mol. The number of hydrogen-bond acceptors (Lipinski definition) is 8. The lowest BCUT2D eigenvalue weighted by Crippen LogP contribution is -2.38. The molecule has 0 saturated carbocycles. The smallest absolute Gasteiger partial charge is 0.190 e. The first-order chi connectivity index (χ1) is 19.0. The van der Waals surface area contributed by atoms with Gasteiger partial charge in [-0.15, -0.1) is 11.3 Å². The van der Waals surface area contributed by atoms with Gasteiger partial charge in [-0.05, 0) is 26.0 Å². The van der Waals surface area contributed by atoms with E-state index < -0.39 is 0 Å². The Kier molecular flexibility index (Phi) is 19.8. The summed E-state index contributed by atoms with van der Waals surface area (Å²) in [5.74, 6) is 1.13. The Hall–Kier alpha value is -2.62. The summed E-state index contributed by atoms with van der Waals surface area (Å²) in [6.45, 7) is 24.8. The summed E-state index contributed by atoms with van der Waals surface area (Å²) in [6, 6.07) is 5.43. The Morgan fingerprint density at radius 2 is 1.72 bits per heavy atom. The second kappa shape index (κ2) is 21.2. The fraction of sp³-hybridized carbons (Fsp3) is 0.600. The molecule has 39 heavy (non-hydrogen) atoms. The summed E-state index contributed by atoms with van der Waals surface area (Å²) in [4.78, 5) is 23.0. The van der Waals surface area contributed by atoms with Crippen molar-refractivity contribution in [2.75, 3.05) is 51.9 Å². The van der Waals surface area contributed by atoms with E-state index in [1.807, 2.05) is 60.8 Å². The number of nitrogens with one attached hydrogen (secondary N) is 2. The fourth-order valence-corrected chi connectivity index (χ4v) is 4.40. The number of nitrogens with zero attached hydrogens (tertiary/aromatic N) is 2. The summed E-state index contributed by atoms with van der Waals surface area (Å²) < 4.78 is 17.0. The van der Waals surface area contributed by atoms with Crippen LogP contribution >= 0.6 is 11.3 Å². The molecular weight excluding hydrogens is 512 g/mol. The number of anilines is 1. The van der Waals surface area contributed by atoms with Gasteiger partial charge < -0.3 is 24.5 Å². The van der Waals surface area contributed by atoms with E-state index >= 15 is 0 Å². The minimum atomic E-state index is -0.0896. The van der Waals surface area contributed by atoms with Crippen LogP contribution in [0.15, 0.2) is 28.4 Å². The molecule has 0 amide bonds. The van der Waals surface area contributed by atoms with Crippen molar-refractivity contribution in [3.05, 3.63) is 33.8 Å². The number of pyridine rings is 1. The number of benzene rings is 1. The second-order valence-corrected chi connectivity index (χ2v) is 8.56. The summed E-state index contributed by atoms with van der Waals surface area (Å²) in [6.07, 6.45) is 0. The number of hydrogen-bond donors (Lipinski definition) is 2. The molecule has 1 aliphatic rings. The summed E-state index contributed by atoms with van der Waals surface area (Å²) in [5, 5.41) is 6.59. The van der Waals surface area contributed by atoms with Crippen LogP contribution < -0.4 is 20.2 Å². The van der Waals surface area contributed by atoms with Crippen molar-refractivity contribution in [3.8, 4) is 22.9 Å². The van der Waals surface area contributed by atoms with Gasteiger partial charge in [0, 0.05) is 42.5 Å². The largest absolute Gasteiger partial charge is 0.491 e. The topological polar surface area (TPSA) is 88.7 Å². The van der Waals surface area contributed by atoms with Gasteiger partial charge in [-0.3, -0.25) is 9.69 Å². The first-order valence-corrected chi connectivity index (χ1v) is 15.3. The average Bonchev–Trinajstić information content (AvgIpc) is 3.45. The third-order valence-electron chi connectivity index (χ3n) is 5.09. The molecule has 0 atom stereocenters. The molecule has 3 aromatic rings. The van der Waals surface area contributed by atoms with Gasteiger partial charge in [0.1, 0.15) is 6.61 Å². The van der Waals surface area contributed by atoms with Gasteiger partial charge in [0.25, 0.3) is 0 Å². The predicted molar refractivity (Wildman–Crippen MR) is 169 cm³/mol. The molecule has 222 valence electrons. The standard InChI is InChI=1S/C22H28N4O4S.4C2H6/c1-14(2)23-22-25-17(13-31-22)16-12-18(27)15-4-5-19(21(28-3)20(15)24-16)30-11-8-26-6-9-29-10-7-26;4*1-2/h4-5,12-14H,6-11H2,1-3H3,(H,23,25)(H,24,27);4*1-2H3. The third kappa shape index (κ3) is 11.2. The van der Waals surface area contributed by atoms with Crippen LogP contribution in [0.25, 0.3) is 22.3 Å². The molecule has 0 unspecified atom stereocenters. The molecule has 2 aromatic heterocycles. The number of thiazole rings is 1. The Labute approximate surface area is 240 Å². The first-order valence-electron chi connectivity index (χ1n) is 14.4. The highest BCUT2D eigenvalue weighted by atomic mass is 32.1. The van der Waals surface area contributed by atoms with E-state index in [4.69, 9.17) is 14.2 Å². The molecule has 1 aromatic carbocycles. The number of aromatic nitrogens is 2. The molecule has 1 fully saturated rings. The highest BCUT2D eigenvalue weighted by Gasteiger charge is 2.16. The maximum absolute atomic E-state index is 12.8. The highest BCUT2D eigenvalue weighted by Crippen LogP contribution is 2.34. The van der Waals surface area contributed by atoms with E-state index in [0.29, 0.717) is 40.4 Å². The Morgan fingerprint density at radius 3 is 2.31 bits per heavy atom. The van der Waals surface area contributed by atoms with Crippen molar-refractivity contribution in [2.24, 2.45) is 0 Å². The van der Waals surface area contributed by atoms with Crippen LogP contribution in [-0.2, 0) is 4.74 Å². The molecular formula is C30H52N4O4S. The normalized spacial score (nSPS) is 12.4. The molecule has 2 N–H and O–H groups in total. The number of H-pyrrole nitrogens is 1. The van der Waals surface area contributed by atoms with Crippen LogP contribution in [0, 0.1) is 0 Å². The molecule has 0 aliphatic carbocycles. The number of rotatable bonds is 8. The highest BCUT2D eigenvalue weighted by molar-refractivity contribution is 7.14. The monoisotopic (exact) mass is 564 g/mol. The summed E-state index contributed by atoms with van der Waals surface area (Å²) in [5.41, 5.74) is 1.88. The molecule has 4 rings (SSSR count). The molecule has 0 spiro atoms. The van der Waals surface area contributed by atoms with E-state index in [-0.39, 0.29) is 11.5 Å².